The molecule has 0 bridgehead atoms. The Balaban J connectivity index is 1.50. The predicted molar refractivity (Wildman–Crippen MR) is 92.7 cm³/mol. The lowest BCUT2D eigenvalue weighted by atomic mass is 9.93. The summed E-state index contributed by atoms with van der Waals surface area (Å²) < 4.78 is 5.89. The molecule has 1 saturated carbocycles. The lowest BCUT2D eigenvalue weighted by molar-refractivity contribution is 0.0884. The van der Waals surface area contributed by atoms with Crippen molar-refractivity contribution in [2.45, 2.75) is 51.7 Å². The van der Waals surface area contributed by atoms with E-state index in [9.17, 15) is 9.59 Å². The molecule has 0 saturated heterocycles. The van der Waals surface area contributed by atoms with E-state index in [1.807, 2.05) is 19.9 Å². The summed E-state index contributed by atoms with van der Waals surface area (Å²) in [7, 11) is 0. The fourth-order valence-corrected chi connectivity index (χ4v) is 3.04. The van der Waals surface area contributed by atoms with E-state index in [1.54, 1.807) is 0 Å². The van der Waals surface area contributed by atoms with E-state index in [-0.39, 0.29) is 23.6 Å². The number of rotatable bonds is 4. The van der Waals surface area contributed by atoms with Gasteiger partial charge in [-0.15, -0.1) is 0 Å². The number of nitrogens with one attached hydrogen (secondary N) is 2. The monoisotopic (exact) mass is 342 g/mol. The first-order chi connectivity index (χ1) is 12.0. The maximum atomic E-state index is 12.2. The number of carbonyl (C=O) groups excluding carboxylic acids is 1. The molecule has 0 atom stereocenters. The minimum Gasteiger partial charge on any atom is -0.460 e. The zero-order valence-electron chi connectivity index (χ0n) is 14.4. The van der Waals surface area contributed by atoms with E-state index in [1.165, 1.54) is 18.3 Å². The standard InChI is InChI=1S/C18H22N4O3/c1-11-9-12(2)21-18(20-11)25-15-6-4-14(5-7-15)22-17(24)13-3-8-16(23)19-10-13/h3,8-10,14-15H,4-7H2,1-2H3,(H,19,23)(H,22,24). The molecule has 0 radical (unpaired) electrons. The summed E-state index contributed by atoms with van der Waals surface area (Å²) in [6.45, 7) is 3.84. The number of H-pyrrole nitrogens is 1. The molecular formula is C18H22N4O3. The van der Waals surface area contributed by atoms with E-state index < -0.39 is 0 Å². The summed E-state index contributed by atoms with van der Waals surface area (Å²) in [4.78, 5) is 34.4. The zero-order chi connectivity index (χ0) is 17.8. The van der Waals surface area contributed by atoms with Gasteiger partial charge in [0, 0.05) is 29.7 Å². The molecule has 0 aliphatic heterocycles. The van der Waals surface area contributed by atoms with E-state index in [0.29, 0.717) is 11.6 Å². The van der Waals surface area contributed by atoms with Gasteiger partial charge in [0.25, 0.3) is 5.91 Å². The molecule has 2 aromatic heterocycles. The van der Waals surface area contributed by atoms with Crippen LogP contribution in [0.3, 0.4) is 0 Å². The Bertz CT molecular complexity index is 769. The second-order valence-electron chi connectivity index (χ2n) is 6.44. The number of ether oxygens (including phenoxy) is 1. The molecule has 25 heavy (non-hydrogen) atoms. The molecule has 2 aromatic rings. The Kier molecular flexibility index (Phi) is 5.11. The quantitative estimate of drug-likeness (QED) is 0.884. The van der Waals surface area contributed by atoms with E-state index >= 15 is 0 Å². The largest absolute Gasteiger partial charge is 0.460 e. The van der Waals surface area contributed by atoms with Crippen molar-refractivity contribution in [3.8, 4) is 6.01 Å². The van der Waals surface area contributed by atoms with Crippen LogP contribution in [0.25, 0.3) is 0 Å². The second-order valence-corrected chi connectivity index (χ2v) is 6.44. The summed E-state index contributed by atoms with van der Waals surface area (Å²) in [5.74, 6) is -0.168. The second kappa shape index (κ2) is 7.46. The number of nitrogens with zero attached hydrogens (tertiary/aromatic N) is 2. The third-order valence-corrected chi connectivity index (χ3v) is 4.29. The van der Waals surface area contributed by atoms with Crippen molar-refractivity contribution in [1.29, 1.82) is 0 Å². The van der Waals surface area contributed by atoms with Crippen LogP contribution >= 0.6 is 0 Å². The summed E-state index contributed by atoms with van der Waals surface area (Å²) in [5.41, 5.74) is 2.03. The highest BCUT2D eigenvalue weighted by molar-refractivity contribution is 5.93. The summed E-state index contributed by atoms with van der Waals surface area (Å²) >= 11 is 0. The van der Waals surface area contributed by atoms with Gasteiger partial charge in [0.05, 0.1) is 5.56 Å². The number of pyridine rings is 1. The maximum Gasteiger partial charge on any atom is 0.317 e. The van der Waals surface area contributed by atoms with Crippen LogP contribution in [0.2, 0.25) is 0 Å². The Morgan fingerprint density at radius 2 is 1.84 bits per heavy atom. The van der Waals surface area contributed by atoms with Crippen LogP contribution in [-0.4, -0.2) is 33.0 Å². The number of aromatic nitrogens is 3. The molecule has 1 aliphatic rings. The topological polar surface area (TPSA) is 97.0 Å². The van der Waals surface area contributed by atoms with Gasteiger partial charge >= 0.3 is 6.01 Å². The average Bonchev–Trinajstić information content (AvgIpc) is 2.56. The average molecular weight is 342 g/mol. The molecule has 132 valence electrons. The third-order valence-electron chi connectivity index (χ3n) is 4.29. The van der Waals surface area contributed by atoms with Crippen molar-refractivity contribution in [3.05, 3.63) is 51.7 Å². The highest BCUT2D eigenvalue weighted by atomic mass is 16.5. The number of aryl methyl sites for hydroxylation is 2. The lowest BCUT2D eigenvalue weighted by Crippen LogP contribution is -2.40. The molecule has 7 heteroatoms. The molecule has 1 amide bonds. The Labute approximate surface area is 145 Å². The van der Waals surface area contributed by atoms with Crippen LogP contribution in [-0.2, 0) is 0 Å². The lowest BCUT2D eigenvalue weighted by Gasteiger charge is -2.29. The van der Waals surface area contributed by atoms with Gasteiger partial charge in [-0.3, -0.25) is 9.59 Å². The molecule has 2 heterocycles. The maximum absolute atomic E-state index is 12.2. The first-order valence-electron chi connectivity index (χ1n) is 8.48. The molecule has 0 aromatic carbocycles. The molecule has 1 fully saturated rings. The van der Waals surface area contributed by atoms with Gasteiger partial charge in [0.2, 0.25) is 5.56 Å². The van der Waals surface area contributed by atoms with Crippen molar-refractivity contribution < 1.29 is 9.53 Å². The van der Waals surface area contributed by atoms with Gasteiger partial charge in [-0.1, -0.05) is 0 Å². The summed E-state index contributed by atoms with van der Waals surface area (Å²) in [6.07, 6.45) is 4.86. The molecule has 0 spiro atoms. The van der Waals surface area contributed by atoms with Gasteiger partial charge in [0.1, 0.15) is 6.10 Å². The SMILES string of the molecule is Cc1cc(C)nc(OC2CCC(NC(=O)c3ccc(=O)[nH]c3)CC2)n1. The van der Waals surface area contributed by atoms with E-state index in [2.05, 4.69) is 20.3 Å². The highest BCUT2D eigenvalue weighted by Crippen LogP contribution is 2.22. The number of aromatic amines is 1. The number of hydrogen-bond acceptors (Lipinski definition) is 5. The number of carbonyl (C=O) groups is 1. The van der Waals surface area contributed by atoms with Crippen LogP contribution in [0.1, 0.15) is 47.4 Å². The summed E-state index contributed by atoms with van der Waals surface area (Å²) in [5, 5.41) is 3.01. The van der Waals surface area contributed by atoms with Crippen molar-refractivity contribution in [1.82, 2.24) is 20.3 Å². The molecule has 7 nitrogen and oxygen atoms in total. The van der Waals surface area contributed by atoms with Crippen molar-refractivity contribution in [2.24, 2.45) is 0 Å². The van der Waals surface area contributed by atoms with Gasteiger partial charge in [0.15, 0.2) is 0 Å². The fourth-order valence-electron chi connectivity index (χ4n) is 3.04. The normalized spacial score (nSPS) is 20.1. The third kappa shape index (κ3) is 4.65. The Morgan fingerprint density at radius 3 is 2.44 bits per heavy atom. The zero-order valence-corrected chi connectivity index (χ0v) is 14.4. The van der Waals surface area contributed by atoms with Gasteiger partial charge in [-0.05, 0) is 51.7 Å². The first-order valence-corrected chi connectivity index (χ1v) is 8.48. The van der Waals surface area contributed by atoms with Crippen LogP contribution in [0.5, 0.6) is 6.01 Å². The molecular weight excluding hydrogens is 320 g/mol. The minimum atomic E-state index is -0.220. The van der Waals surface area contributed by atoms with E-state index in [0.717, 1.165) is 37.1 Å². The van der Waals surface area contributed by atoms with Crippen LogP contribution < -0.4 is 15.6 Å². The van der Waals surface area contributed by atoms with Gasteiger partial charge in [-0.25, -0.2) is 9.97 Å². The molecule has 0 unspecified atom stereocenters. The van der Waals surface area contributed by atoms with Gasteiger partial charge < -0.3 is 15.0 Å². The van der Waals surface area contributed by atoms with Gasteiger partial charge in [-0.2, -0.15) is 0 Å². The molecule has 3 rings (SSSR count). The highest BCUT2D eigenvalue weighted by Gasteiger charge is 2.24. The van der Waals surface area contributed by atoms with Crippen molar-refractivity contribution in [3.63, 3.8) is 0 Å². The van der Waals surface area contributed by atoms with Crippen molar-refractivity contribution in [2.75, 3.05) is 0 Å². The first kappa shape index (κ1) is 17.1. The van der Waals surface area contributed by atoms with Crippen molar-refractivity contribution >= 4 is 5.91 Å². The summed E-state index contributed by atoms with van der Waals surface area (Å²) in [6, 6.07) is 5.33. The van der Waals surface area contributed by atoms with E-state index in [4.69, 9.17) is 4.74 Å². The number of amides is 1. The fraction of sp³-hybridized carbons (Fsp3) is 0.444. The Hall–Kier alpha value is -2.70. The smallest absolute Gasteiger partial charge is 0.317 e. The number of hydrogen-bond donors (Lipinski definition) is 2. The predicted octanol–water partition coefficient (Wildman–Crippen LogP) is 1.90. The van der Waals surface area contributed by atoms with Crippen LogP contribution in [0.4, 0.5) is 0 Å². The molecule has 2 N–H and O–H groups in total. The molecule has 1 aliphatic carbocycles. The van der Waals surface area contributed by atoms with Crippen LogP contribution in [0, 0.1) is 13.8 Å². The minimum absolute atomic E-state index is 0.0717. The van der Waals surface area contributed by atoms with Crippen LogP contribution in [0.15, 0.2) is 29.2 Å². The Morgan fingerprint density at radius 1 is 1.16 bits per heavy atom.